The number of pyridine rings is 1. The molecule has 0 unspecified atom stereocenters. The quantitative estimate of drug-likeness (QED) is 0.922. The maximum Gasteiger partial charge on any atom is 0.224 e. The summed E-state index contributed by atoms with van der Waals surface area (Å²) in [5.74, 6) is 0.379. The molecule has 1 saturated heterocycles. The Morgan fingerprint density at radius 1 is 1.22 bits per heavy atom. The van der Waals surface area contributed by atoms with Crippen LogP contribution in [0, 0.1) is 12.8 Å². The molecule has 1 aromatic carbocycles. The van der Waals surface area contributed by atoms with E-state index in [1.54, 1.807) is 12.4 Å². The van der Waals surface area contributed by atoms with E-state index in [1.807, 2.05) is 37.3 Å². The van der Waals surface area contributed by atoms with Crippen molar-refractivity contribution in [2.24, 2.45) is 5.92 Å². The van der Waals surface area contributed by atoms with Crippen LogP contribution in [0.25, 0.3) is 0 Å². The number of hydrogen-bond donors (Lipinski definition) is 1. The fourth-order valence-electron chi connectivity index (χ4n) is 3.05. The summed E-state index contributed by atoms with van der Waals surface area (Å²) in [4.78, 5) is 16.3. The predicted molar refractivity (Wildman–Crippen MR) is 89.1 cm³/mol. The maximum atomic E-state index is 12.3. The van der Waals surface area contributed by atoms with Crippen molar-refractivity contribution in [1.29, 1.82) is 0 Å². The Bertz CT molecular complexity index is 657. The number of hydrogen-bond acceptors (Lipinski definition) is 3. The third-order valence-corrected chi connectivity index (χ3v) is 4.24. The van der Waals surface area contributed by atoms with E-state index in [9.17, 15) is 4.79 Å². The second-order valence-electron chi connectivity index (χ2n) is 6.20. The standard InChI is InChI=1S/C19H22N2O2/c1-14-3-2-4-16(9-14)11-19(22)21-18-13-23-12-17(18)10-15-5-7-20-8-6-15/h2-9,17-18H,10-13H2,1H3,(H,21,22)/t17-,18-/m1/s1. The van der Waals surface area contributed by atoms with Crippen LogP contribution in [-0.4, -0.2) is 30.1 Å². The van der Waals surface area contributed by atoms with Crippen LogP contribution in [-0.2, 0) is 22.4 Å². The van der Waals surface area contributed by atoms with E-state index < -0.39 is 0 Å². The lowest BCUT2D eigenvalue weighted by Crippen LogP contribution is -2.41. The van der Waals surface area contributed by atoms with Crippen molar-refractivity contribution in [3.63, 3.8) is 0 Å². The van der Waals surface area contributed by atoms with Crippen LogP contribution in [0.5, 0.6) is 0 Å². The number of aryl methyl sites for hydroxylation is 1. The Morgan fingerprint density at radius 3 is 2.83 bits per heavy atom. The van der Waals surface area contributed by atoms with Gasteiger partial charge in [-0.3, -0.25) is 9.78 Å². The summed E-state index contributed by atoms with van der Waals surface area (Å²) in [6.45, 7) is 3.32. The van der Waals surface area contributed by atoms with E-state index in [0.29, 0.717) is 25.6 Å². The minimum Gasteiger partial charge on any atom is -0.379 e. The van der Waals surface area contributed by atoms with E-state index >= 15 is 0 Å². The number of aromatic nitrogens is 1. The number of amides is 1. The number of carbonyl (C=O) groups is 1. The zero-order valence-electron chi connectivity index (χ0n) is 13.4. The van der Waals surface area contributed by atoms with Crippen LogP contribution >= 0.6 is 0 Å². The molecule has 0 spiro atoms. The van der Waals surface area contributed by atoms with Crippen LogP contribution in [0.15, 0.2) is 48.8 Å². The summed E-state index contributed by atoms with van der Waals surface area (Å²) >= 11 is 0. The molecule has 2 atom stereocenters. The lowest BCUT2D eigenvalue weighted by molar-refractivity contribution is -0.121. The molecule has 1 aliphatic heterocycles. The van der Waals surface area contributed by atoms with Crippen LogP contribution < -0.4 is 5.32 Å². The van der Waals surface area contributed by atoms with Crippen molar-refractivity contribution >= 4 is 5.91 Å². The molecule has 1 amide bonds. The molecule has 4 heteroatoms. The first-order valence-corrected chi connectivity index (χ1v) is 8.02. The van der Waals surface area contributed by atoms with Gasteiger partial charge in [0.15, 0.2) is 0 Å². The first kappa shape index (κ1) is 15.7. The van der Waals surface area contributed by atoms with Gasteiger partial charge in [0.1, 0.15) is 0 Å². The van der Waals surface area contributed by atoms with Gasteiger partial charge in [0, 0.05) is 18.3 Å². The van der Waals surface area contributed by atoms with Crippen LogP contribution in [0.4, 0.5) is 0 Å². The molecule has 4 nitrogen and oxygen atoms in total. The minimum absolute atomic E-state index is 0.0610. The van der Waals surface area contributed by atoms with E-state index in [4.69, 9.17) is 4.74 Å². The van der Waals surface area contributed by atoms with Crippen molar-refractivity contribution in [3.8, 4) is 0 Å². The Balaban J connectivity index is 1.56. The Hall–Kier alpha value is -2.20. The third-order valence-electron chi connectivity index (χ3n) is 4.24. The molecular weight excluding hydrogens is 288 g/mol. The number of rotatable bonds is 5. The zero-order valence-corrected chi connectivity index (χ0v) is 13.4. The SMILES string of the molecule is Cc1cccc(CC(=O)N[C@@H]2COC[C@H]2Cc2ccncc2)c1. The van der Waals surface area contributed by atoms with Gasteiger partial charge in [-0.1, -0.05) is 29.8 Å². The van der Waals surface area contributed by atoms with Crippen molar-refractivity contribution in [3.05, 3.63) is 65.5 Å². The number of nitrogens with zero attached hydrogens (tertiary/aromatic N) is 1. The molecule has 0 bridgehead atoms. The second-order valence-corrected chi connectivity index (χ2v) is 6.20. The highest BCUT2D eigenvalue weighted by Crippen LogP contribution is 2.19. The van der Waals surface area contributed by atoms with Gasteiger partial charge in [-0.25, -0.2) is 0 Å². The smallest absolute Gasteiger partial charge is 0.224 e. The lowest BCUT2D eigenvalue weighted by Gasteiger charge is -2.19. The molecule has 1 aromatic heterocycles. The largest absolute Gasteiger partial charge is 0.379 e. The number of benzene rings is 1. The highest BCUT2D eigenvalue weighted by Gasteiger charge is 2.29. The average molecular weight is 310 g/mol. The van der Waals surface area contributed by atoms with Gasteiger partial charge in [-0.15, -0.1) is 0 Å². The second kappa shape index (κ2) is 7.38. The molecule has 1 aliphatic rings. The highest BCUT2D eigenvalue weighted by atomic mass is 16.5. The fourth-order valence-corrected chi connectivity index (χ4v) is 3.05. The van der Waals surface area contributed by atoms with Crippen molar-refractivity contribution in [2.45, 2.75) is 25.8 Å². The molecule has 0 saturated carbocycles. The van der Waals surface area contributed by atoms with Crippen LogP contribution in [0.3, 0.4) is 0 Å². The van der Waals surface area contributed by atoms with Crippen LogP contribution in [0.1, 0.15) is 16.7 Å². The predicted octanol–water partition coefficient (Wildman–Crippen LogP) is 2.31. The first-order chi connectivity index (χ1) is 11.2. The average Bonchev–Trinajstić information content (AvgIpc) is 2.95. The molecule has 1 fully saturated rings. The summed E-state index contributed by atoms with van der Waals surface area (Å²) in [6.07, 6.45) is 4.92. The van der Waals surface area contributed by atoms with Gasteiger partial charge in [-0.2, -0.15) is 0 Å². The van der Waals surface area contributed by atoms with Gasteiger partial charge in [0.05, 0.1) is 25.7 Å². The zero-order chi connectivity index (χ0) is 16.1. The normalized spacial score (nSPS) is 20.4. The summed E-state index contributed by atoms with van der Waals surface area (Å²) in [5, 5.41) is 3.14. The molecule has 0 radical (unpaired) electrons. The third kappa shape index (κ3) is 4.39. The monoisotopic (exact) mass is 310 g/mol. The Labute approximate surface area is 136 Å². The van der Waals surface area contributed by atoms with Crippen molar-refractivity contribution in [1.82, 2.24) is 10.3 Å². The number of carbonyl (C=O) groups excluding carboxylic acids is 1. The number of ether oxygens (including phenoxy) is 1. The first-order valence-electron chi connectivity index (χ1n) is 8.02. The minimum atomic E-state index is 0.0610. The van der Waals surface area contributed by atoms with Gasteiger partial charge in [0.25, 0.3) is 0 Å². The summed E-state index contributed by atoms with van der Waals surface area (Å²) in [6, 6.07) is 12.2. The summed E-state index contributed by atoms with van der Waals surface area (Å²) in [5.41, 5.74) is 3.45. The van der Waals surface area contributed by atoms with E-state index in [0.717, 1.165) is 12.0 Å². The van der Waals surface area contributed by atoms with Gasteiger partial charge >= 0.3 is 0 Å². The van der Waals surface area contributed by atoms with Gasteiger partial charge < -0.3 is 10.1 Å². The summed E-state index contributed by atoms with van der Waals surface area (Å²) in [7, 11) is 0. The topological polar surface area (TPSA) is 51.2 Å². The highest BCUT2D eigenvalue weighted by molar-refractivity contribution is 5.79. The van der Waals surface area contributed by atoms with Crippen molar-refractivity contribution < 1.29 is 9.53 Å². The molecule has 2 aromatic rings. The molecular formula is C19H22N2O2. The number of nitrogens with one attached hydrogen (secondary N) is 1. The van der Waals surface area contributed by atoms with Gasteiger partial charge in [0.2, 0.25) is 5.91 Å². The van der Waals surface area contributed by atoms with Crippen molar-refractivity contribution in [2.75, 3.05) is 13.2 Å². The molecule has 23 heavy (non-hydrogen) atoms. The molecule has 0 aliphatic carbocycles. The summed E-state index contributed by atoms with van der Waals surface area (Å²) < 4.78 is 5.58. The molecule has 1 N–H and O–H groups in total. The van der Waals surface area contributed by atoms with Gasteiger partial charge in [-0.05, 0) is 36.6 Å². The van der Waals surface area contributed by atoms with E-state index in [-0.39, 0.29) is 11.9 Å². The van der Waals surface area contributed by atoms with E-state index in [2.05, 4.69) is 16.4 Å². The maximum absolute atomic E-state index is 12.3. The fraction of sp³-hybridized carbons (Fsp3) is 0.368. The Kier molecular flexibility index (Phi) is 5.03. The molecule has 3 rings (SSSR count). The van der Waals surface area contributed by atoms with E-state index in [1.165, 1.54) is 11.1 Å². The molecule has 120 valence electrons. The molecule has 2 heterocycles. The Morgan fingerprint density at radius 2 is 2.04 bits per heavy atom. The lowest BCUT2D eigenvalue weighted by atomic mass is 9.95. The van der Waals surface area contributed by atoms with Crippen LogP contribution in [0.2, 0.25) is 0 Å².